The molecule has 0 radical (unpaired) electrons. The number of benzene rings is 4. The lowest BCUT2D eigenvalue weighted by Gasteiger charge is -2.25. The van der Waals surface area contributed by atoms with Gasteiger partial charge in [-0.2, -0.15) is 0 Å². The SMILES string of the molecule is CCOC(=O)c1ccc(S(=O)(=O)c2ccc(OCCNC(Cc3ccccc3)[C@H](O)c3cccc(Cl)c3)cc2)cc1. The number of halogens is 1. The molecule has 214 valence electrons. The number of sulfone groups is 1. The van der Waals surface area contributed by atoms with Crippen molar-refractivity contribution in [2.45, 2.75) is 35.3 Å². The Balaban J connectivity index is 1.36. The first kappa shape index (κ1) is 30.3. The van der Waals surface area contributed by atoms with Gasteiger partial charge >= 0.3 is 5.97 Å². The van der Waals surface area contributed by atoms with Crippen LogP contribution in [0.25, 0.3) is 0 Å². The molecular formula is C32H32ClNO6S. The molecule has 9 heteroatoms. The van der Waals surface area contributed by atoms with Gasteiger partial charge in [-0.1, -0.05) is 54.1 Å². The molecule has 0 aliphatic rings. The van der Waals surface area contributed by atoms with E-state index in [1.54, 1.807) is 31.2 Å². The normalized spacial score (nSPS) is 12.9. The molecule has 0 aromatic heterocycles. The largest absolute Gasteiger partial charge is 0.492 e. The van der Waals surface area contributed by atoms with Gasteiger partial charge in [0.25, 0.3) is 0 Å². The van der Waals surface area contributed by atoms with Crippen LogP contribution in [0.15, 0.2) is 113 Å². The molecule has 0 fully saturated rings. The van der Waals surface area contributed by atoms with Crippen molar-refractivity contribution in [3.05, 3.63) is 125 Å². The maximum atomic E-state index is 13.0. The quantitative estimate of drug-likeness (QED) is 0.152. The van der Waals surface area contributed by atoms with Gasteiger partial charge in [-0.25, -0.2) is 13.2 Å². The van der Waals surface area contributed by atoms with Crippen molar-refractivity contribution < 1.29 is 27.8 Å². The zero-order valence-electron chi connectivity index (χ0n) is 22.6. The van der Waals surface area contributed by atoms with Crippen LogP contribution in [0.4, 0.5) is 0 Å². The van der Waals surface area contributed by atoms with E-state index in [0.717, 1.165) is 11.1 Å². The highest BCUT2D eigenvalue weighted by atomic mass is 35.5. The number of hydrogen-bond donors (Lipinski definition) is 2. The molecule has 0 aliphatic heterocycles. The second kappa shape index (κ2) is 14.3. The van der Waals surface area contributed by atoms with Gasteiger partial charge < -0.3 is 19.9 Å². The Labute approximate surface area is 245 Å². The smallest absolute Gasteiger partial charge is 0.338 e. The molecule has 0 heterocycles. The average Bonchev–Trinajstić information content (AvgIpc) is 2.99. The van der Waals surface area contributed by atoms with E-state index >= 15 is 0 Å². The number of carbonyl (C=O) groups excluding carboxylic acids is 1. The fourth-order valence-corrected chi connectivity index (χ4v) is 5.79. The summed E-state index contributed by atoms with van der Waals surface area (Å²) in [5.41, 5.74) is 2.09. The number of aliphatic hydroxyl groups is 1. The van der Waals surface area contributed by atoms with Crippen LogP contribution in [0.3, 0.4) is 0 Å². The molecule has 0 saturated carbocycles. The minimum absolute atomic E-state index is 0.0751. The molecule has 0 amide bonds. The Morgan fingerprint density at radius 1 is 0.902 bits per heavy atom. The first-order valence-corrected chi connectivity index (χ1v) is 15.1. The summed E-state index contributed by atoms with van der Waals surface area (Å²) in [5, 5.41) is 15.1. The molecule has 41 heavy (non-hydrogen) atoms. The van der Waals surface area contributed by atoms with Crippen molar-refractivity contribution in [1.29, 1.82) is 0 Å². The van der Waals surface area contributed by atoms with Gasteiger partial charge in [-0.3, -0.25) is 0 Å². The highest BCUT2D eigenvalue weighted by molar-refractivity contribution is 7.91. The van der Waals surface area contributed by atoms with E-state index in [4.69, 9.17) is 21.1 Å². The van der Waals surface area contributed by atoms with E-state index in [2.05, 4.69) is 5.32 Å². The van der Waals surface area contributed by atoms with Gasteiger partial charge in [0.05, 0.1) is 28.1 Å². The summed E-state index contributed by atoms with van der Waals surface area (Å²) < 4.78 is 36.9. The first-order chi connectivity index (χ1) is 19.8. The molecule has 7 nitrogen and oxygen atoms in total. The summed E-state index contributed by atoms with van der Waals surface area (Å²) in [7, 11) is -3.77. The third-order valence-corrected chi connectivity index (χ3v) is 8.48. The number of hydrogen-bond acceptors (Lipinski definition) is 7. The Kier molecular flexibility index (Phi) is 10.5. The number of esters is 1. The topological polar surface area (TPSA) is 102 Å². The summed E-state index contributed by atoms with van der Waals surface area (Å²) in [6.07, 6.45) is -0.188. The first-order valence-electron chi connectivity index (χ1n) is 13.2. The van der Waals surface area contributed by atoms with Crippen LogP contribution in [-0.4, -0.2) is 45.3 Å². The third kappa shape index (κ3) is 8.17. The van der Waals surface area contributed by atoms with Crippen LogP contribution in [0.1, 0.15) is 34.5 Å². The van der Waals surface area contributed by atoms with Crippen LogP contribution in [0, 0.1) is 0 Å². The van der Waals surface area contributed by atoms with Crippen molar-refractivity contribution in [2.24, 2.45) is 0 Å². The molecule has 4 aromatic rings. The van der Waals surface area contributed by atoms with Crippen LogP contribution < -0.4 is 10.1 Å². The molecule has 0 saturated heterocycles. The fourth-order valence-electron chi connectivity index (χ4n) is 4.34. The Morgan fingerprint density at radius 3 is 2.20 bits per heavy atom. The highest BCUT2D eigenvalue weighted by Crippen LogP contribution is 2.25. The van der Waals surface area contributed by atoms with E-state index in [1.807, 2.05) is 42.5 Å². The van der Waals surface area contributed by atoms with E-state index in [0.29, 0.717) is 30.3 Å². The minimum Gasteiger partial charge on any atom is -0.492 e. The molecular weight excluding hydrogens is 562 g/mol. The molecule has 4 rings (SSSR count). The lowest BCUT2D eigenvalue weighted by molar-refractivity contribution is 0.0526. The number of nitrogens with one attached hydrogen (secondary N) is 1. The summed E-state index contributed by atoms with van der Waals surface area (Å²) in [5.74, 6) is 0.0104. The Hall–Kier alpha value is -3.69. The second-order valence-electron chi connectivity index (χ2n) is 9.32. The van der Waals surface area contributed by atoms with Crippen molar-refractivity contribution >= 4 is 27.4 Å². The molecule has 0 aliphatic carbocycles. The fraction of sp³-hybridized carbons (Fsp3) is 0.219. The van der Waals surface area contributed by atoms with Gasteiger partial charge in [0.1, 0.15) is 12.4 Å². The van der Waals surface area contributed by atoms with E-state index in [9.17, 15) is 18.3 Å². The van der Waals surface area contributed by atoms with Crippen LogP contribution in [0.2, 0.25) is 5.02 Å². The monoisotopic (exact) mass is 593 g/mol. The summed E-state index contributed by atoms with van der Waals surface area (Å²) >= 11 is 6.14. The molecule has 1 unspecified atom stereocenters. The molecule has 0 spiro atoms. The van der Waals surface area contributed by atoms with Crippen LogP contribution in [-0.2, 0) is 21.0 Å². The standard InChI is InChI=1S/C32H32ClNO6S/c1-2-39-32(36)24-11-15-28(16-12-24)41(37,38)29-17-13-27(14-18-29)40-20-19-34-30(21-23-7-4-3-5-8-23)31(35)25-9-6-10-26(33)22-25/h3-18,22,30-31,34-35H,2,19-21H2,1H3/t30?,31-/m1/s1. The molecule has 2 atom stereocenters. The predicted molar refractivity (Wildman–Crippen MR) is 158 cm³/mol. The van der Waals surface area contributed by atoms with Gasteiger partial charge in [0, 0.05) is 17.6 Å². The van der Waals surface area contributed by atoms with Crippen LogP contribution >= 0.6 is 11.6 Å². The zero-order chi connectivity index (χ0) is 29.2. The summed E-state index contributed by atoms with van der Waals surface area (Å²) in [6, 6.07) is 28.6. The molecule has 2 N–H and O–H groups in total. The number of aliphatic hydroxyl groups excluding tert-OH is 1. The lowest BCUT2D eigenvalue weighted by Crippen LogP contribution is -2.39. The Morgan fingerprint density at radius 2 is 1.56 bits per heavy atom. The summed E-state index contributed by atoms with van der Waals surface area (Å²) in [4.78, 5) is 12.0. The molecule has 4 aromatic carbocycles. The maximum Gasteiger partial charge on any atom is 0.338 e. The van der Waals surface area contributed by atoms with Gasteiger partial charge in [-0.15, -0.1) is 0 Å². The predicted octanol–water partition coefficient (Wildman–Crippen LogP) is 5.66. The van der Waals surface area contributed by atoms with Crippen molar-refractivity contribution in [3.8, 4) is 5.75 Å². The third-order valence-electron chi connectivity index (χ3n) is 6.46. The number of carbonyl (C=O) groups is 1. The van der Waals surface area contributed by atoms with Crippen molar-refractivity contribution in [1.82, 2.24) is 5.32 Å². The van der Waals surface area contributed by atoms with E-state index < -0.39 is 21.9 Å². The van der Waals surface area contributed by atoms with Gasteiger partial charge in [-0.05, 0) is 85.1 Å². The van der Waals surface area contributed by atoms with Gasteiger partial charge in [0.15, 0.2) is 0 Å². The zero-order valence-corrected chi connectivity index (χ0v) is 24.1. The van der Waals surface area contributed by atoms with E-state index in [-0.39, 0.29) is 28.0 Å². The van der Waals surface area contributed by atoms with E-state index in [1.165, 1.54) is 36.4 Å². The average molecular weight is 594 g/mol. The number of ether oxygens (including phenoxy) is 2. The summed E-state index contributed by atoms with van der Waals surface area (Å²) in [6.45, 7) is 2.69. The maximum absolute atomic E-state index is 13.0. The lowest BCUT2D eigenvalue weighted by atomic mass is 9.96. The highest BCUT2D eigenvalue weighted by Gasteiger charge is 2.22. The number of rotatable bonds is 13. The van der Waals surface area contributed by atoms with Crippen molar-refractivity contribution in [2.75, 3.05) is 19.8 Å². The van der Waals surface area contributed by atoms with Crippen molar-refractivity contribution in [3.63, 3.8) is 0 Å². The second-order valence-corrected chi connectivity index (χ2v) is 11.7. The van der Waals surface area contributed by atoms with Gasteiger partial charge in [0.2, 0.25) is 9.84 Å². The minimum atomic E-state index is -3.77. The van der Waals surface area contributed by atoms with Crippen LogP contribution in [0.5, 0.6) is 5.75 Å². The molecule has 0 bridgehead atoms. The Bertz CT molecular complexity index is 1530.